The summed E-state index contributed by atoms with van der Waals surface area (Å²) in [4.78, 5) is 2.29. The normalized spacial score (nSPS) is 19.9. The molecule has 1 N–H and O–H groups in total. The molecule has 0 amide bonds. The minimum atomic E-state index is -3.60. The van der Waals surface area contributed by atoms with E-state index in [-0.39, 0.29) is 10.6 Å². The van der Waals surface area contributed by atoms with Gasteiger partial charge in [-0.05, 0) is 56.6 Å². The molecule has 1 saturated heterocycles. The van der Waals surface area contributed by atoms with Gasteiger partial charge in [-0.15, -0.1) is 0 Å². The van der Waals surface area contributed by atoms with E-state index in [1.807, 2.05) is 7.05 Å². The molecule has 0 aromatic heterocycles. The third-order valence-corrected chi connectivity index (χ3v) is 5.23. The summed E-state index contributed by atoms with van der Waals surface area (Å²) in [5, 5.41) is 0. The maximum absolute atomic E-state index is 12.2. The van der Waals surface area contributed by atoms with Crippen LogP contribution >= 0.6 is 0 Å². The Morgan fingerprint density at radius 1 is 1.35 bits per heavy atom. The van der Waals surface area contributed by atoms with Crippen molar-refractivity contribution in [1.82, 2.24) is 9.62 Å². The molecule has 0 bridgehead atoms. The number of hydrogen-bond donors (Lipinski definition) is 1. The molecule has 1 aliphatic heterocycles. The summed E-state index contributed by atoms with van der Waals surface area (Å²) in [6, 6.07) is 5.48. The van der Waals surface area contributed by atoms with E-state index >= 15 is 0 Å². The standard InChI is InChI=1S/C15H22F2N2O3S/c1-19-8-2-3-12(10-19)9-18-23(20,21)14-6-4-13(5-7-14)22-11-15(16)17/h4-7,12,15,18H,2-3,8-11H2,1H3. The predicted octanol–water partition coefficient (Wildman–Crippen LogP) is 1.95. The Labute approximate surface area is 135 Å². The molecule has 1 atom stereocenters. The van der Waals surface area contributed by atoms with Crippen LogP contribution < -0.4 is 9.46 Å². The second-order valence-electron chi connectivity index (χ2n) is 5.80. The van der Waals surface area contributed by atoms with Crippen LogP contribution in [0.5, 0.6) is 5.75 Å². The quantitative estimate of drug-likeness (QED) is 0.818. The number of ether oxygens (including phenoxy) is 1. The molecule has 0 radical (unpaired) electrons. The molecular weight excluding hydrogens is 326 g/mol. The summed E-state index contributed by atoms with van der Waals surface area (Å²) >= 11 is 0. The average Bonchev–Trinajstić information content (AvgIpc) is 2.52. The van der Waals surface area contributed by atoms with Gasteiger partial charge in [0.15, 0.2) is 0 Å². The second kappa shape index (κ2) is 8.03. The van der Waals surface area contributed by atoms with Crippen molar-refractivity contribution in [2.45, 2.75) is 24.2 Å². The number of benzene rings is 1. The van der Waals surface area contributed by atoms with E-state index in [2.05, 4.69) is 9.62 Å². The van der Waals surface area contributed by atoms with Crippen LogP contribution in [0.1, 0.15) is 12.8 Å². The average molecular weight is 348 g/mol. The van der Waals surface area contributed by atoms with Crippen LogP contribution in [0.3, 0.4) is 0 Å². The van der Waals surface area contributed by atoms with Gasteiger partial charge in [0.1, 0.15) is 12.4 Å². The Kier molecular flexibility index (Phi) is 6.32. The van der Waals surface area contributed by atoms with Gasteiger partial charge in [-0.25, -0.2) is 21.9 Å². The first-order chi connectivity index (χ1) is 10.9. The zero-order valence-corrected chi connectivity index (χ0v) is 13.9. The SMILES string of the molecule is CN1CCCC(CNS(=O)(=O)c2ccc(OCC(F)F)cc2)C1. The molecule has 0 spiro atoms. The predicted molar refractivity (Wildman–Crippen MR) is 83.4 cm³/mol. The first-order valence-corrected chi connectivity index (χ1v) is 9.04. The molecule has 0 aliphatic carbocycles. The highest BCUT2D eigenvalue weighted by Crippen LogP contribution is 2.18. The number of halogens is 2. The number of hydrogen-bond acceptors (Lipinski definition) is 4. The number of alkyl halides is 2. The van der Waals surface area contributed by atoms with E-state index in [1.54, 1.807) is 0 Å². The topological polar surface area (TPSA) is 58.6 Å². The molecule has 23 heavy (non-hydrogen) atoms. The molecule has 1 unspecified atom stereocenters. The number of likely N-dealkylation sites (tertiary alicyclic amines) is 1. The van der Waals surface area contributed by atoms with Crippen molar-refractivity contribution in [2.24, 2.45) is 5.92 Å². The molecule has 8 heteroatoms. The molecule has 1 aromatic carbocycles. The lowest BCUT2D eigenvalue weighted by Crippen LogP contribution is -2.39. The monoisotopic (exact) mass is 348 g/mol. The van der Waals surface area contributed by atoms with E-state index < -0.39 is 23.1 Å². The van der Waals surface area contributed by atoms with Crippen LogP contribution in [-0.4, -0.2) is 53.0 Å². The molecular formula is C15H22F2N2O3S. The zero-order chi connectivity index (χ0) is 16.9. The smallest absolute Gasteiger partial charge is 0.272 e. The van der Waals surface area contributed by atoms with Crippen molar-refractivity contribution in [3.63, 3.8) is 0 Å². The van der Waals surface area contributed by atoms with Gasteiger partial charge < -0.3 is 9.64 Å². The van der Waals surface area contributed by atoms with Gasteiger partial charge in [0.2, 0.25) is 10.0 Å². The molecule has 1 aliphatic rings. The highest BCUT2D eigenvalue weighted by molar-refractivity contribution is 7.89. The Morgan fingerprint density at radius 3 is 2.65 bits per heavy atom. The molecule has 5 nitrogen and oxygen atoms in total. The number of nitrogens with zero attached hydrogens (tertiary/aromatic N) is 1. The zero-order valence-electron chi connectivity index (χ0n) is 13.0. The van der Waals surface area contributed by atoms with Crippen molar-refractivity contribution in [3.8, 4) is 5.75 Å². The molecule has 2 rings (SSSR count). The molecule has 0 saturated carbocycles. The van der Waals surface area contributed by atoms with Crippen LogP contribution in [0, 0.1) is 5.92 Å². The van der Waals surface area contributed by atoms with E-state index in [0.29, 0.717) is 12.5 Å². The maximum atomic E-state index is 12.2. The van der Waals surface area contributed by atoms with Gasteiger partial charge in [-0.2, -0.15) is 0 Å². The summed E-state index contributed by atoms with van der Waals surface area (Å²) in [6.45, 7) is 1.61. The fraction of sp³-hybridized carbons (Fsp3) is 0.600. The minimum Gasteiger partial charge on any atom is -0.488 e. The van der Waals surface area contributed by atoms with E-state index in [4.69, 9.17) is 4.74 Å². The van der Waals surface area contributed by atoms with Crippen LogP contribution in [0.25, 0.3) is 0 Å². The Balaban J connectivity index is 1.91. The lowest BCUT2D eigenvalue weighted by atomic mass is 9.99. The number of nitrogens with one attached hydrogen (secondary N) is 1. The molecule has 130 valence electrons. The van der Waals surface area contributed by atoms with Gasteiger partial charge in [0, 0.05) is 13.1 Å². The van der Waals surface area contributed by atoms with Crippen molar-refractivity contribution >= 4 is 10.0 Å². The van der Waals surface area contributed by atoms with Crippen molar-refractivity contribution in [3.05, 3.63) is 24.3 Å². The molecule has 1 fully saturated rings. The fourth-order valence-corrected chi connectivity index (χ4v) is 3.74. The summed E-state index contributed by atoms with van der Waals surface area (Å²) in [5.41, 5.74) is 0. The molecule has 1 heterocycles. The fourth-order valence-electron chi connectivity index (χ4n) is 2.62. The summed E-state index contributed by atoms with van der Waals surface area (Å²) in [7, 11) is -1.57. The van der Waals surface area contributed by atoms with Crippen LogP contribution in [0.15, 0.2) is 29.2 Å². The van der Waals surface area contributed by atoms with Crippen LogP contribution in [0.4, 0.5) is 8.78 Å². The van der Waals surface area contributed by atoms with Gasteiger partial charge in [-0.1, -0.05) is 0 Å². The van der Waals surface area contributed by atoms with Crippen molar-refractivity contribution in [1.29, 1.82) is 0 Å². The third-order valence-electron chi connectivity index (χ3n) is 3.79. The maximum Gasteiger partial charge on any atom is 0.272 e. The summed E-state index contributed by atoms with van der Waals surface area (Å²) in [5.74, 6) is 0.523. The molecule has 1 aromatic rings. The van der Waals surface area contributed by atoms with E-state index in [1.165, 1.54) is 24.3 Å². The van der Waals surface area contributed by atoms with Gasteiger partial charge in [0.25, 0.3) is 6.43 Å². The number of rotatable bonds is 7. The highest BCUT2D eigenvalue weighted by Gasteiger charge is 2.20. The van der Waals surface area contributed by atoms with Gasteiger partial charge in [0.05, 0.1) is 4.90 Å². The summed E-state index contributed by atoms with van der Waals surface area (Å²) in [6.07, 6.45) is -0.486. The second-order valence-corrected chi connectivity index (χ2v) is 7.56. The van der Waals surface area contributed by atoms with Gasteiger partial charge in [-0.3, -0.25) is 0 Å². The van der Waals surface area contributed by atoms with E-state index in [0.717, 1.165) is 25.9 Å². The third kappa shape index (κ3) is 5.71. The summed E-state index contributed by atoms with van der Waals surface area (Å²) < 4.78 is 56.1. The van der Waals surface area contributed by atoms with Crippen LogP contribution in [-0.2, 0) is 10.0 Å². The Bertz CT molecular complexity index is 593. The lowest BCUT2D eigenvalue weighted by Gasteiger charge is -2.29. The van der Waals surface area contributed by atoms with Crippen molar-refractivity contribution < 1.29 is 21.9 Å². The number of piperidine rings is 1. The van der Waals surface area contributed by atoms with Gasteiger partial charge >= 0.3 is 0 Å². The largest absolute Gasteiger partial charge is 0.488 e. The number of sulfonamides is 1. The first-order valence-electron chi connectivity index (χ1n) is 7.56. The lowest BCUT2D eigenvalue weighted by molar-refractivity contribution is 0.0819. The Morgan fingerprint density at radius 2 is 2.04 bits per heavy atom. The highest BCUT2D eigenvalue weighted by atomic mass is 32.2. The van der Waals surface area contributed by atoms with Crippen molar-refractivity contribution in [2.75, 3.05) is 33.3 Å². The van der Waals surface area contributed by atoms with E-state index in [9.17, 15) is 17.2 Å². The Hall–Kier alpha value is -1.25. The minimum absolute atomic E-state index is 0.103. The first kappa shape index (κ1) is 18.1. The van der Waals surface area contributed by atoms with Crippen LogP contribution in [0.2, 0.25) is 0 Å².